The zero-order chi connectivity index (χ0) is 12.1. The molecule has 3 heteroatoms. The molecule has 0 aliphatic heterocycles. The molecule has 0 amide bonds. The van der Waals surface area contributed by atoms with Crippen molar-refractivity contribution in [1.29, 1.82) is 0 Å². The second-order valence-electron chi connectivity index (χ2n) is 5.02. The lowest BCUT2D eigenvalue weighted by Crippen LogP contribution is -2.31. The van der Waals surface area contributed by atoms with Crippen LogP contribution >= 0.6 is 11.8 Å². The SMILES string of the molecule is CSCc1ccc(CN[C@@H](C)C2CCCC2)o1. The molecular formula is C14H23NOS. The van der Waals surface area contributed by atoms with Crippen LogP contribution in [0.15, 0.2) is 16.5 Å². The third-order valence-corrected chi connectivity index (χ3v) is 4.28. The Kier molecular flexibility index (Phi) is 4.99. The quantitative estimate of drug-likeness (QED) is 0.834. The lowest BCUT2D eigenvalue weighted by molar-refractivity contribution is 0.359. The summed E-state index contributed by atoms with van der Waals surface area (Å²) in [7, 11) is 0. The fraction of sp³-hybridized carbons (Fsp3) is 0.714. The first-order chi connectivity index (χ1) is 8.29. The van der Waals surface area contributed by atoms with Crippen molar-refractivity contribution in [3.63, 3.8) is 0 Å². The van der Waals surface area contributed by atoms with E-state index in [0.29, 0.717) is 6.04 Å². The minimum Gasteiger partial charge on any atom is -0.464 e. The fourth-order valence-electron chi connectivity index (χ4n) is 2.62. The smallest absolute Gasteiger partial charge is 0.118 e. The molecule has 1 N–H and O–H groups in total. The molecule has 1 saturated carbocycles. The molecule has 2 nitrogen and oxygen atoms in total. The van der Waals surface area contributed by atoms with Gasteiger partial charge in [-0.2, -0.15) is 11.8 Å². The van der Waals surface area contributed by atoms with Gasteiger partial charge in [0.25, 0.3) is 0 Å². The first-order valence-electron chi connectivity index (χ1n) is 6.59. The average Bonchev–Trinajstić information content (AvgIpc) is 2.97. The van der Waals surface area contributed by atoms with Crippen molar-refractivity contribution in [2.45, 2.75) is 50.9 Å². The largest absolute Gasteiger partial charge is 0.464 e. The van der Waals surface area contributed by atoms with Crippen LogP contribution in [0.25, 0.3) is 0 Å². The Hall–Kier alpha value is -0.410. The van der Waals surface area contributed by atoms with Gasteiger partial charge in [-0.25, -0.2) is 0 Å². The predicted molar refractivity (Wildman–Crippen MR) is 74.2 cm³/mol. The maximum absolute atomic E-state index is 5.75. The summed E-state index contributed by atoms with van der Waals surface area (Å²) in [5.74, 6) is 4.00. The topological polar surface area (TPSA) is 25.2 Å². The van der Waals surface area contributed by atoms with E-state index >= 15 is 0 Å². The van der Waals surface area contributed by atoms with Gasteiger partial charge in [-0.3, -0.25) is 0 Å². The van der Waals surface area contributed by atoms with Crippen molar-refractivity contribution in [2.24, 2.45) is 5.92 Å². The molecule has 0 bridgehead atoms. The highest BCUT2D eigenvalue weighted by Gasteiger charge is 2.21. The minimum absolute atomic E-state index is 0.617. The molecule has 1 aromatic heterocycles. The standard InChI is InChI=1S/C14H23NOS/c1-11(12-5-3-4-6-12)15-9-13-7-8-14(16-13)10-17-2/h7-8,11-12,15H,3-6,9-10H2,1-2H3/t11-/m0/s1. The number of thioether (sulfide) groups is 1. The highest BCUT2D eigenvalue weighted by Crippen LogP contribution is 2.27. The Morgan fingerprint density at radius 1 is 1.35 bits per heavy atom. The Morgan fingerprint density at radius 3 is 2.76 bits per heavy atom. The van der Waals surface area contributed by atoms with Crippen LogP contribution in [0.2, 0.25) is 0 Å². The van der Waals surface area contributed by atoms with Crippen molar-refractivity contribution in [3.8, 4) is 0 Å². The van der Waals surface area contributed by atoms with Gasteiger partial charge in [0.05, 0.1) is 12.3 Å². The van der Waals surface area contributed by atoms with E-state index in [9.17, 15) is 0 Å². The molecule has 17 heavy (non-hydrogen) atoms. The molecule has 1 aliphatic carbocycles. The van der Waals surface area contributed by atoms with Gasteiger partial charge in [-0.05, 0) is 44.1 Å². The molecular weight excluding hydrogens is 230 g/mol. The zero-order valence-corrected chi connectivity index (χ0v) is 11.7. The molecule has 1 aromatic rings. The molecule has 96 valence electrons. The minimum atomic E-state index is 0.617. The van der Waals surface area contributed by atoms with Gasteiger partial charge in [0.15, 0.2) is 0 Å². The molecule has 1 atom stereocenters. The van der Waals surface area contributed by atoms with E-state index in [-0.39, 0.29) is 0 Å². The summed E-state index contributed by atoms with van der Waals surface area (Å²) in [6.45, 7) is 3.17. The van der Waals surface area contributed by atoms with Crippen LogP contribution in [-0.2, 0) is 12.3 Å². The van der Waals surface area contributed by atoms with Gasteiger partial charge in [-0.15, -0.1) is 0 Å². The normalized spacial score (nSPS) is 18.7. The van der Waals surface area contributed by atoms with Crippen LogP contribution in [0.3, 0.4) is 0 Å². The van der Waals surface area contributed by atoms with Gasteiger partial charge in [-0.1, -0.05) is 12.8 Å². The first-order valence-corrected chi connectivity index (χ1v) is 7.99. The summed E-state index contributed by atoms with van der Waals surface area (Å²) >= 11 is 1.80. The lowest BCUT2D eigenvalue weighted by atomic mass is 10.00. The Morgan fingerprint density at radius 2 is 2.06 bits per heavy atom. The summed E-state index contributed by atoms with van der Waals surface area (Å²) in [6.07, 6.45) is 7.71. The van der Waals surface area contributed by atoms with Gasteiger partial charge in [0.2, 0.25) is 0 Å². The highest BCUT2D eigenvalue weighted by atomic mass is 32.2. The summed E-state index contributed by atoms with van der Waals surface area (Å²) < 4.78 is 5.75. The summed E-state index contributed by atoms with van der Waals surface area (Å²) in [6, 6.07) is 4.81. The van der Waals surface area contributed by atoms with Crippen LogP contribution < -0.4 is 5.32 Å². The molecule has 1 aliphatic rings. The van der Waals surface area contributed by atoms with Gasteiger partial charge in [0.1, 0.15) is 11.5 Å². The maximum atomic E-state index is 5.75. The molecule has 0 saturated heterocycles. The van der Waals surface area contributed by atoms with E-state index in [0.717, 1.165) is 29.7 Å². The number of hydrogen-bond donors (Lipinski definition) is 1. The van der Waals surface area contributed by atoms with Crippen LogP contribution in [-0.4, -0.2) is 12.3 Å². The van der Waals surface area contributed by atoms with Crippen molar-refractivity contribution in [1.82, 2.24) is 5.32 Å². The summed E-state index contributed by atoms with van der Waals surface area (Å²) in [5, 5.41) is 3.60. The molecule has 0 unspecified atom stereocenters. The van der Waals surface area contributed by atoms with E-state index in [2.05, 4.69) is 30.6 Å². The van der Waals surface area contributed by atoms with Gasteiger partial charge in [0, 0.05) is 6.04 Å². The maximum Gasteiger partial charge on any atom is 0.118 e. The summed E-state index contributed by atoms with van der Waals surface area (Å²) in [4.78, 5) is 0. The molecule has 1 heterocycles. The predicted octanol–water partition coefficient (Wildman–Crippen LogP) is 3.81. The van der Waals surface area contributed by atoms with Crippen LogP contribution in [0.5, 0.6) is 0 Å². The molecule has 0 aromatic carbocycles. The highest BCUT2D eigenvalue weighted by molar-refractivity contribution is 7.97. The van der Waals surface area contributed by atoms with Gasteiger partial charge < -0.3 is 9.73 Å². The fourth-order valence-corrected chi connectivity index (χ4v) is 3.06. The monoisotopic (exact) mass is 253 g/mol. The van der Waals surface area contributed by atoms with Crippen molar-refractivity contribution in [3.05, 3.63) is 23.7 Å². The van der Waals surface area contributed by atoms with E-state index in [4.69, 9.17) is 4.42 Å². The molecule has 0 spiro atoms. The Bertz CT molecular complexity index is 331. The number of hydrogen-bond acceptors (Lipinski definition) is 3. The van der Waals surface area contributed by atoms with Crippen molar-refractivity contribution < 1.29 is 4.42 Å². The van der Waals surface area contributed by atoms with E-state index < -0.39 is 0 Å². The Labute approximate surface area is 109 Å². The summed E-state index contributed by atoms with van der Waals surface area (Å²) in [5.41, 5.74) is 0. The first kappa shape index (κ1) is 13.0. The number of rotatable bonds is 6. The number of nitrogens with one attached hydrogen (secondary N) is 1. The zero-order valence-electron chi connectivity index (χ0n) is 10.9. The number of furan rings is 1. The van der Waals surface area contributed by atoms with E-state index in [1.807, 2.05) is 0 Å². The lowest BCUT2D eigenvalue weighted by Gasteiger charge is -2.19. The van der Waals surface area contributed by atoms with Crippen LogP contribution in [0.1, 0.15) is 44.1 Å². The third-order valence-electron chi connectivity index (χ3n) is 3.71. The van der Waals surface area contributed by atoms with Crippen LogP contribution in [0.4, 0.5) is 0 Å². The third kappa shape index (κ3) is 3.78. The molecule has 0 radical (unpaired) electrons. The van der Waals surface area contributed by atoms with Gasteiger partial charge >= 0.3 is 0 Å². The van der Waals surface area contributed by atoms with Crippen molar-refractivity contribution >= 4 is 11.8 Å². The van der Waals surface area contributed by atoms with Crippen molar-refractivity contribution in [2.75, 3.05) is 6.26 Å². The van der Waals surface area contributed by atoms with E-state index in [1.54, 1.807) is 11.8 Å². The van der Waals surface area contributed by atoms with E-state index in [1.165, 1.54) is 25.7 Å². The second kappa shape index (κ2) is 6.50. The molecule has 1 fully saturated rings. The molecule has 2 rings (SSSR count). The van der Waals surface area contributed by atoms with Crippen LogP contribution in [0, 0.1) is 5.92 Å². The average molecular weight is 253 g/mol. The Balaban J connectivity index is 1.76. The second-order valence-corrected chi connectivity index (χ2v) is 5.88.